The van der Waals surface area contributed by atoms with Gasteiger partial charge in [-0.3, -0.25) is 4.79 Å². The molecule has 3 aromatic rings. The van der Waals surface area contributed by atoms with Crippen molar-refractivity contribution in [2.24, 2.45) is 5.73 Å². The summed E-state index contributed by atoms with van der Waals surface area (Å²) < 4.78 is 0. The third-order valence-corrected chi connectivity index (χ3v) is 3.73. The maximum Gasteiger partial charge on any atom is 0.256 e. The number of fused-ring (bicyclic) bond motifs is 1. The van der Waals surface area contributed by atoms with E-state index in [1.165, 1.54) is 0 Å². The minimum atomic E-state index is -0.135. The van der Waals surface area contributed by atoms with E-state index in [2.05, 4.69) is 5.32 Å². The number of carbonyl (C=O) groups excluding carboxylic acids is 1. The fourth-order valence-corrected chi connectivity index (χ4v) is 2.62. The van der Waals surface area contributed by atoms with Crippen molar-refractivity contribution in [2.75, 3.05) is 5.32 Å². The van der Waals surface area contributed by atoms with Gasteiger partial charge in [0.2, 0.25) is 0 Å². The van der Waals surface area contributed by atoms with E-state index in [1.54, 1.807) is 0 Å². The van der Waals surface area contributed by atoms with E-state index in [0.717, 1.165) is 22.0 Å². The highest BCUT2D eigenvalue weighted by atomic mass is 16.1. The zero-order valence-corrected chi connectivity index (χ0v) is 12.4. The molecule has 3 heteroatoms. The van der Waals surface area contributed by atoms with Crippen LogP contribution in [0.5, 0.6) is 0 Å². The monoisotopic (exact) mass is 290 g/mol. The Kier molecular flexibility index (Phi) is 3.90. The number of nitrogens with two attached hydrogens (primary N) is 1. The smallest absolute Gasteiger partial charge is 0.256 e. The van der Waals surface area contributed by atoms with Crippen LogP contribution in [0, 0.1) is 0 Å². The van der Waals surface area contributed by atoms with E-state index >= 15 is 0 Å². The Morgan fingerprint density at radius 2 is 1.64 bits per heavy atom. The molecule has 3 rings (SSSR count). The van der Waals surface area contributed by atoms with Crippen LogP contribution in [-0.2, 0) is 0 Å². The Bertz CT molecular complexity index is 819. The second kappa shape index (κ2) is 6.00. The summed E-state index contributed by atoms with van der Waals surface area (Å²) in [7, 11) is 0. The first kappa shape index (κ1) is 14.3. The van der Waals surface area contributed by atoms with Crippen LogP contribution in [0.25, 0.3) is 10.8 Å². The Morgan fingerprint density at radius 1 is 0.955 bits per heavy atom. The first-order valence-electron chi connectivity index (χ1n) is 7.30. The van der Waals surface area contributed by atoms with Crippen LogP contribution < -0.4 is 11.1 Å². The first-order valence-corrected chi connectivity index (χ1v) is 7.30. The quantitative estimate of drug-likeness (QED) is 0.762. The number of rotatable bonds is 3. The number of hydrogen-bond acceptors (Lipinski definition) is 2. The van der Waals surface area contributed by atoms with Crippen molar-refractivity contribution < 1.29 is 4.79 Å². The molecule has 3 aromatic carbocycles. The minimum absolute atomic E-state index is 0.120. The van der Waals surface area contributed by atoms with Crippen molar-refractivity contribution in [2.45, 2.75) is 13.0 Å². The highest BCUT2D eigenvalue weighted by molar-refractivity contribution is 6.13. The normalized spacial score (nSPS) is 12.1. The second-order valence-electron chi connectivity index (χ2n) is 5.36. The van der Waals surface area contributed by atoms with Crippen molar-refractivity contribution in [3.63, 3.8) is 0 Å². The fraction of sp³-hybridized carbons (Fsp3) is 0.105. The summed E-state index contributed by atoms with van der Waals surface area (Å²) in [4.78, 5) is 12.7. The molecule has 0 aliphatic carbocycles. The standard InChI is InChI=1S/C19H18N2O/c1-13(20)15-9-4-5-12-18(15)21-19(22)17-11-6-8-14-7-2-3-10-16(14)17/h2-13H,20H2,1H3,(H,21,22). The number of anilines is 1. The fourth-order valence-electron chi connectivity index (χ4n) is 2.62. The molecule has 0 aromatic heterocycles. The van der Waals surface area contributed by atoms with Gasteiger partial charge in [-0.15, -0.1) is 0 Å². The third-order valence-electron chi connectivity index (χ3n) is 3.73. The maximum atomic E-state index is 12.7. The lowest BCUT2D eigenvalue weighted by Gasteiger charge is -2.14. The van der Waals surface area contributed by atoms with Crippen LogP contribution in [0.4, 0.5) is 5.69 Å². The highest BCUT2D eigenvalue weighted by Gasteiger charge is 2.13. The van der Waals surface area contributed by atoms with Gasteiger partial charge in [-0.2, -0.15) is 0 Å². The van der Waals surface area contributed by atoms with E-state index in [1.807, 2.05) is 73.7 Å². The molecule has 0 bridgehead atoms. The van der Waals surface area contributed by atoms with Gasteiger partial charge < -0.3 is 11.1 Å². The molecular weight excluding hydrogens is 272 g/mol. The van der Waals surface area contributed by atoms with Gasteiger partial charge >= 0.3 is 0 Å². The predicted molar refractivity (Wildman–Crippen MR) is 90.9 cm³/mol. The lowest BCUT2D eigenvalue weighted by molar-refractivity contribution is 0.102. The first-order chi connectivity index (χ1) is 10.7. The van der Waals surface area contributed by atoms with Crippen molar-refractivity contribution in [3.8, 4) is 0 Å². The molecule has 0 saturated heterocycles. The third kappa shape index (κ3) is 2.71. The number of benzene rings is 3. The summed E-state index contributed by atoms with van der Waals surface area (Å²) in [5.41, 5.74) is 8.32. The SMILES string of the molecule is CC(N)c1ccccc1NC(=O)c1cccc2ccccc12. The largest absolute Gasteiger partial charge is 0.324 e. The van der Waals surface area contributed by atoms with E-state index < -0.39 is 0 Å². The molecule has 0 fully saturated rings. The molecule has 3 nitrogen and oxygen atoms in total. The Balaban J connectivity index is 1.98. The van der Waals surface area contributed by atoms with Crippen LogP contribution in [-0.4, -0.2) is 5.91 Å². The Hall–Kier alpha value is -2.65. The molecule has 22 heavy (non-hydrogen) atoms. The number of amides is 1. The van der Waals surface area contributed by atoms with Gasteiger partial charge in [0.05, 0.1) is 0 Å². The average molecular weight is 290 g/mol. The molecular formula is C19H18N2O. The molecule has 110 valence electrons. The lowest BCUT2D eigenvalue weighted by Crippen LogP contribution is -2.16. The number of carbonyl (C=O) groups is 1. The topological polar surface area (TPSA) is 55.1 Å². The van der Waals surface area contributed by atoms with E-state index in [-0.39, 0.29) is 11.9 Å². The average Bonchev–Trinajstić information content (AvgIpc) is 2.54. The van der Waals surface area contributed by atoms with Crippen LogP contribution in [0.1, 0.15) is 28.9 Å². The van der Waals surface area contributed by atoms with Crippen LogP contribution in [0.15, 0.2) is 66.7 Å². The van der Waals surface area contributed by atoms with Crippen molar-refractivity contribution in [1.82, 2.24) is 0 Å². The summed E-state index contributed by atoms with van der Waals surface area (Å²) >= 11 is 0. The van der Waals surface area contributed by atoms with Crippen LogP contribution in [0.2, 0.25) is 0 Å². The predicted octanol–water partition coefficient (Wildman–Crippen LogP) is 4.11. The van der Waals surface area contributed by atoms with Gasteiger partial charge in [-0.05, 0) is 35.4 Å². The Labute approximate surface area is 129 Å². The van der Waals surface area contributed by atoms with Gasteiger partial charge in [0.1, 0.15) is 0 Å². The van der Waals surface area contributed by atoms with E-state index in [9.17, 15) is 4.79 Å². The molecule has 3 N–H and O–H groups in total. The van der Waals surface area contributed by atoms with Gasteiger partial charge in [0.15, 0.2) is 0 Å². The molecule has 0 saturated carbocycles. The van der Waals surface area contributed by atoms with Crippen molar-refractivity contribution in [1.29, 1.82) is 0 Å². The number of para-hydroxylation sites is 1. The lowest BCUT2D eigenvalue weighted by atomic mass is 10.0. The summed E-state index contributed by atoms with van der Waals surface area (Å²) in [6.07, 6.45) is 0. The van der Waals surface area contributed by atoms with Crippen LogP contribution in [0.3, 0.4) is 0 Å². The van der Waals surface area contributed by atoms with Gasteiger partial charge in [0.25, 0.3) is 5.91 Å². The Morgan fingerprint density at radius 3 is 2.45 bits per heavy atom. The van der Waals surface area contributed by atoms with Crippen molar-refractivity contribution in [3.05, 3.63) is 77.9 Å². The number of nitrogens with one attached hydrogen (secondary N) is 1. The molecule has 0 heterocycles. The summed E-state index contributed by atoms with van der Waals surface area (Å²) in [6.45, 7) is 1.91. The number of hydrogen-bond donors (Lipinski definition) is 2. The van der Waals surface area contributed by atoms with E-state index in [0.29, 0.717) is 5.56 Å². The van der Waals surface area contributed by atoms with Crippen molar-refractivity contribution >= 4 is 22.4 Å². The summed E-state index contributed by atoms with van der Waals surface area (Å²) in [6, 6.07) is 21.1. The van der Waals surface area contributed by atoms with Crippen LogP contribution >= 0.6 is 0 Å². The minimum Gasteiger partial charge on any atom is -0.324 e. The molecule has 1 amide bonds. The summed E-state index contributed by atoms with van der Waals surface area (Å²) in [5, 5.41) is 4.98. The summed E-state index contributed by atoms with van der Waals surface area (Å²) in [5.74, 6) is -0.120. The zero-order chi connectivity index (χ0) is 15.5. The molecule has 1 atom stereocenters. The molecule has 0 aliphatic rings. The zero-order valence-electron chi connectivity index (χ0n) is 12.4. The molecule has 0 spiro atoms. The molecule has 0 aliphatic heterocycles. The molecule has 1 unspecified atom stereocenters. The second-order valence-corrected chi connectivity index (χ2v) is 5.36. The van der Waals surface area contributed by atoms with Gasteiger partial charge in [0, 0.05) is 17.3 Å². The maximum absolute atomic E-state index is 12.7. The molecule has 0 radical (unpaired) electrons. The van der Waals surface area contributed by atoms with E-state index in [4.69, 9.17) is 5.73 Å². The van der Waals surface area contributed by atoms with Gasteiger partial charge in [-0.25, -0.2) is 0 Å². The van der Waals surface area contributed by atoms with Gasteiger partial charge in [-0.1, -0.05) is 54.6 Å². The highest BCUT2D eigenvalue weighted by Crippen LogP contribution is 2.23.